The van der Waals surface area contributed by atoms with Gasteiger partial charge in [0.1, 0.15) is 0 Å². The summed E-state index contributed by atoms with van der Waals surface area (Å²) in [6.07, 6.45) is 1.09. The Morgan fingerprint density at radius 2 is 1.76 bits per heavy atom. The molecule has 0 spiro atoms. The van der Waals surface area contributed by atoms with Crippen molar-refractivity contribution in [2.24, 2.45) is 0 Å². The highest BCUT2D eigenvalue weighted by Crippen LogP contribution is 2.28. The van der Waals surface area contributed by atoms with Gasteiger partial charge in [-0.3, -0.25) is 0 Å². The molecule has 1 aromatic carbocycles. The predicted molar refractivity (Wildman–Crippen MR) is 75.7 cm³/mol. The summed E-state index contributed by atoms with van der Waals surface area (Å²) in [5.41, 5.74) is 4.10. The van der Waals surface area contributed by atoms with Crippen molar-refractivity contribution in [2.75, 3.05) is 0 Å². The molecule has 90 valence electrons. The number of rotatable bonds is 3. The van der Waals surface area contributed by atoms with Crippen LogP contribution in [0, 0.1) is 6.92 Å². The number of hydrogen-bond donors (Lipinski definition) is 0. The topological polar surface area (TPSA) is 25.8 Å². The fourth-order valence-corrected chi connectivity index (χ4v) is 2.31. The zero-order valence-corrected chi connectivity index (χ0v) is 12.0. The number of nitrogens with zero attached hydrogens (tertiary/aromatic N) is 2. The van der Waals surface area contributed by atoms with Crippen molar-refractivity contribution in [3.05, 3.63) is 35.7 Å². The third-order valence-electron chi connectivity index (χ3n) is 3.15. The molecule has 0 aliphatic rings. The van der Waals surface area contributed by atoms with Crippen molar-refractivity contribution in [2.45, 2.75) is 37.9 Å². The van der Waals surface area contributed by atoms with Crippen LogP contribution in [-0.2, 0) is 0 Å². The summed E-state index contributed by atoms with van der Waals surface area (Å²) in [6, 6.07) is 8.04. The van der Waals surface area contributed by atoms with Crippen LogP contribution in [0.1, 0.15) is 37.6 Å². The van der Waals surface area contributed by atoms with Crippen LogP contribution < -0.4 is 0 Å². The fraction of sp³-hybridized carbons (Fsp3) is 0.429. The first-order valence-electron chi connectivity index (χ1n) is 6.00. The molecule has 2 rings (SSSR count). The SMILES string of the molecule is CCC(Br)C(C)c1nc2ccccc2nc1C. The third kappa shape index (κ3) is 2.49. The second kappa shape index (κ2) is 5.13. The number of alkyl halides is 1. The molecule has 0 bridgehead atoms. The monoisotopic (exact) mass is 292 g/mol. The van der Waals surface area contributed by atoms with Crippen LogP contribution >= 0.6 is 15.9 Å². The van der Waals surface area contributed by atoms with Gasteiger partial charge in [0, 0.05) is 10.7 Å². The van der Waals surface area contributed by atoms with E-state index in [1.165, 1.54) is 0 Å². The van der Waals surface area contributed by atoms with Crippen molar-refractivity contribution in [1.29, 1.82) is 0 Å². The van der Waals surface area contributed by atoms with Gasteiger partial charge in [0.05, 0.1) is 22.4 Å². The zero-order valence-electron chi connectivity index (χ0n) is 10.4. The van der Waals surface area contributed by atoms with E-state index in [0.29, 0.717) is 10.7 Å². The Morgan fingerprint density at radius 3 is 2.35 bits per heavy atom. The molecule has 2 nitrogen and oxygen atoms in total. The smallest absolute Gasteiger partial charge is 0.0890 e. The van der Waals surface area contributed by atoms with Crippen molar-refractivity contribution >= 4 is 27.0 Å². The number of para-hydroxylation sites is 2. The van der Waals surface area contributed by atoms with Crippen LogP contribution in [0.2, 0.25) is 0 Å². The molecule has 3 heteroatoms. The number of aryl methyl sites for hydroxylation is 1. The molecule has 2 unspecified atom stereocenters. The average molecular weight is 293 g/mol. The van der Waals surface area contributed by atoms with E-state index in [0.717, 1.165) is 28.8 Å². The Hall–Kier alpha value is -0.960. The largest absolute Gasteiger partial charge is 0.250 e. The standard InChI is InChI=1S/C14H17BrN2/c1-4-11(15)9(2)14-10(3)16-12-7-5-6-8-13(12)17-14/h5-9,11H,4H2,1-3H3. The quantitative estimate of drug-likeness (QED) is 0.792. The van der Waals surface area contributed by atoms with Gasteiger partial charge in [-0.2, -0.15) is 0 Å². The maximum Gasteiger partial charge on any atom is 0.0890 e. The minimum Gasteiger partial charge on any atom is -0.250 e. The first-order chi connectivity index (χ1) is 8.13. The Labute approximate surface area is 111 Å². The van der Waals surface area contributed by atoms with Crippen LogP contribution in [0.25, 0.3) is 11.0 Å². The molecule has 1 aromatic heterocycles. The summed E-state index contributed by atoms with van der Waals surface area (Å²) < 4.78 is 0. The number of benzene rings is 1. The zero-order chi connectivity index (χ0) is 12.4. The second-order valence-corrected chi connectivity index (χ2v) is 5.57. The maximum atomic E-state index is 4.75. The van der Waals surface area contributed by atoms with Gasteiger partial charge < -0.3 is 0 Å². The van der Waals surface area contributed by atoms with Crippen LogP contribution in [0.5, 0.6) is 0 Å². The number of halogens is 1. The Morgan fingerprint density at radius 1 is 1.18 bits per heavy atom. The first-order valence-corrected chi connectivity index (χ1v) is 6.92. The number of fused-ring (bicyclic) bond motifs is 1. The Bertz CT molecular complexity index is 525. The minimum atomic E-state index is 0.386. The van der Waals surface area contributed by atoms with Gasteiger partial charge in [0.25, 0.3) is 0 Å². The van der Waals surface area contributed by atoms with Crippen molar-refractivity contribution in [1.82, 2.24) is 9.97 Å². The van der Waals surface area contributed by atoms with Gasteiger partial charge in [-0.1, -0.05) is 41.9 Å². The van der Waals surface area contributed by atoms with Crippen LogP contribution in [-0.4, -0.2) is 14.8 Å². The lowest BCUT2D eigenvalue weighted by molar-refractivity contribution is 0.668. The summed E-state index contributed by atoms with van der Waals surface area (Å²) in [7, 11) is 0. The molecule has 0 aliphatic heterocycles. The molecule has 0 saturated carbocycles. The highest BCUT2D eigenvalue weighted by atomic mass is 79.9. The average Bonchev–Trinajstić information content (AvgIpc) is 2.36. The lowest BCUT2D eigenvalue weighted by Gasteiger charge is -2.18. The molecule has 0 radical (unpaired) electrons. The molecule has 0 saturated heterocycles. The molecular formula is C14H17BrN2. The molecule has 0 fully saturated rings. The molecular weight excluding hydrogens is 276 g/mol. The number of aromatic nitrogens is 2. The van der Waals surface area contributed by atoms with Crippen LogP contribution in [0.3, 0.4) is 0 Å². The van der Waals surface area contributed by atoms with Crippen LogP contribution in [0.15, 0.2) is 24.3 Å². The van der Waals surface area contributed by atoms with E-state index in [2.05, 4.69) is 34.8 Å². The molecule has 1 heterocycles. The maximum absolute atomic E-state index is 4.75. The summed E-state index contributed by atoms with van der Waals surface area (Å²) >= 11 is 3.71. The van der Waals surface area contributed by atoms with Crippen molar-refractivity contribution < 1.29 is 0 Å². The van der Waals surface area contributed by atoms with Crippen molar-refractivity contribution in [3.63, 3.8) is 0 Å². The highest BCUT2D eigenvalue weighted by molar-refractivity contribution is 9.09. The van der Waals surface area contributed by atoms with Gasteiger partial charge in [0.15, 0.2) is 0 Å². The highest BCUT2D eigenvalue weighted by Gasteiger charge is 2.18. The Kier molecular flexibility index (Phi) is 3.77. The molecule has 0 aliphatic carbocycles. The van der Waals surface area contributed by atoms with E-state index >= 15 is 0 Å². The van der Waals surface area contributed by atoms with Crippen molar-refractivity contribution in [3.8, 4) is 0 Å². The van der Waals surface area contributed by atoms with E-state index in [1.54, 1.807) is 0 Å². The fourth-order valence-electron chi connectivity index (χ4n) is 2.06. The van der Waals surface area contributed by atoms with Gasteiger partial charge in [-0.15, -0.1) is 0 Å². The van der Waals surface area contributed by atoms with Gasteiger partial charge in [0.2, 0.25) is 0 Å². The lowest BCUT2D eigenvalue weighted by Crippen LogP contribution is -2.12. The lowest BCUT2D eigenvalue weighted by atomic mass is 10.00. The van der Waals surface area contributed by atoms with Gasteiger partial charge in [-0.05, 0) is 25.5 Å². The minimum absolute atomic E-state index is 0.386. The van der Waals surface area contributed by atoms with E-state index < -0.39 is 0 Å². The summed E-state index contributed by atoms with van der Waals surface area (Å²) in [5, 5.41) is 0. The first kappa shape index (κ1) is 12.5. The summed E-state index contributed by atoms with van der Waals surface area (Å²) in [4.78, 5) is 9.84. The number of hydrogen-bond acceptors (Lipinski definition) is 2. The molecule has 17 heavy (non-hydrogen) atoms. The third-order valence-corrected chi connectivity index (χ3v) is 4.59. The van der Waals surface area contributed by atoms with E-state index in [4.69, 9.17) is 4.98 Å². The van der Waals surface area contributed by atoms with Gasteiger partial charge >= 0.3 is 0 Å². The van der Waals surface area contributed by atoms with E-state index in [1.807, 2.05) is 31.2 Å². The Balaban J connectivity index is 2.50. The molecule has 2 aromatic rings. The predicted octanol–water partition coefficient (Wildman–Crippen LogP) is 4.22. The van der Waals surface area contributed by atoms with Crippen LogP contribution in [0.4, 0.5) is 0 Å². The summed E-state index contributed by atoms with van der Waals surface area (Å²) in [5.74, 6) is 0.386. The van der Waals surface area contributed by atoms with E-state index in [9.17, 15) is 0 Å². The molecule has 2 atom stereocenters. The normalized spacial score (nSPS) is 14.8. The molecule has 0 amide bonds. The van der Waals surface area contributed by atoms with E-state index in [-0.39, 0.29) is 0 Å². The van der Waals surface area contributed by atoms with Gasteiger partial charge in [-0.25, -0.2) is 9.97 Å². The molecule has 0 N–H and O–H groups in total. The summed E-state index contributed by atoms with van der Waals surface area (Å²) in [6.45, 7) is 6.43. The second-order valence-electron chi connectivity index (χ2n) is 4.40.